The summed E-state index contributed by atoms with van der Waals surface area (Å²) in [6.07, 6.45) is 7.31. The van der Waals surface area contributed by atoms with Crippen LogP contribution in [-0.2, 0) is 4.74 Å². The Morgan fingerprint density at radius 1 is 1.00 bits per heavy atom. The van der Waals surface area contributed by atoms with Gasteiger partial charge in [0.2, 0.25) is 0 Å². The van der Waals surface area contributed by atoms with Crippen LogP contribution < -0.4 is 0 Å². The molecular weight excluding hydrogens is 246 g/mol. The van der Waals surface area contributed by atoms with Crippen LogP contribution in [0.1, 0.15) is 55.2 Å². The van der Waals surface area contributed by atoms with Crippen molar-refractivity contribution >= 4 is 0 Å². The molecule has 20 heavy (non-hydrogen) atoms. The fraction of sp³-hybridized carbons (Fsp3) is 0.667. The predicted octanol–water partition coefficient (Wildman–Crippen LogP) is 3.49. The van der Waals surface area contributed by atoms with Gasteiger partial charge in [-0.3, -0.25) is 4.90 Å². The molecule has 1 aromatic rings. The lowest BCUT2D eigenvalue weighted by Crippen LogP contribution is -2.62. The normalized spacial score (nSPS) is 42.7. The number of hydrogen-bond acceptors (Lipinski definition) is 2. The van der Waals surface area contributed by atoms with Gasteiger partial charge in [-0.1, -0.05) is 30.7 Å². The van der Waals surface area contributed by atoms with Gasteiger partial charge in [-0.25, -0.2) is 0 Å². The summed E-state index contributed by atoms with van der Waals surface area (Å²) in [7, 11) is 0. The van der Waals surface area contributed by atoms with E-state index in [0.717, 1.165) is 24.5 Å². The molecule has 3 saturated heterocycles. The molecule has 5 aliphatic rings. The minimum Gasteiger partial charge on any atom is -0.376 e. The molecule has 6 rings (SSSR count). The number of nitrogens with zero attached hydrogens (tertiary/aromatic N) is 1. The molecule has 0 unspecified atom stereocenters. The highest BCUT2D eigenvalue weighted by Gasteiger charge is 2.56. The van der Waals surface area contributed by atoms with Gasteiger partial charge in [-0.15, -0.1) is 0 Å². The van der Waals surface area contributed by atoms with E-state index in [4.69, 9.17) is 4.74 Å². The van der Waals surface area contributed by atoms with E-state index in [0.29, 0.717) is 12.1 Å². The Hall–Kier alpha value is -0.860. The summed E-state index contributed by atoms with van der Waals surface area (Å²) in [6, 6.07) is 10.6. The summed E-state index contributed by atoms with van der Waals surface area (Å²) in [6.45, 7) is 2.26. The average molecular weight is 269 g/mol. The van der Waals surface area contributed by atoms with Crippen LogP contribution in [0.4, 0.5) is 0 Å². The van der Waals surface area contributed by atoms with E-state index in [9.17, 15) is 0 Å². The Morgan fingerprint density at radius 2 is 1.90 bits per heavy atom. The molecule has 0 N–H and O–H groups in total. The Balaban J connectivity index is 1.69. The van der Waals surface area contributed by atoms with Crippen molar-refractivity contribution in [3.05, 3.63) is 35.4 Å². The van der Waals surface area contributed by atoms with E-state index in [-0.39, 0.29) is 0 Å². The van der Waals surface area contributed by atoms with E-state index in [1.807, 2.05) is 0 Å². The van der Waals surface area contributed by atoms with Gasteiger partial charge >= 0.3 is 0 Å². The highest BCUT2D eigenvalue weighted by molar-refractivity contribution is 5.42. The van der Waals surface area contributed by atoms with Crippen LogP contribution in [0.25, 0.3) is 0 Å². The molecule has 0 amide bonds. The summed E-state index contributed by atoms with van der Waals surface area (Å²) in [4.78, 5) is 2.81. The first-order valence-electron chi connectivity index (χ1n) is 8.41. The maximum absolute atomic E-state index is 6.28. The van der Waals surface area contributed by atoms with Gasteiger partial charge in [0.15, 0.2) is 0 Å². The third-order valence-corrected chi connectivity index (χ3v) is 6.22. The van der Waals surface area contributed by atoms with Gasteiger partial charge in [-0.2, -0.15) is 0 Å². The summed E-state index contributed by atoms with van der Waals surface area (Å²) >= 11 is 0. The van der Waals surface area contributed by atoms with E-state index >= 15 is 0 Å². The molecule has 0 spiro atoms. The van der Waals surface area contributed by atoms with Crippen LogP contribution >= 0.6 is 0 Å². The third-order valence-electron chi connectivity index (χ3n) is 6.22. The minimum absolute atomic E-state index is 0.470. The molecule has 1 aromatic carbocycles. The first kappa shape index (κ1) is 11.8. The second-order valence-electron chi connectivity index (χ2n) is 7.04. The molecule has 3 fully saturated rings. The molecular formula is C18H23NO. The lowest BCUT2D eigenvalue weighted by molar-refractivity contribution is -0.152. The van der Waals surface area contributed by atoms with Crippen LogP contribution in [-0.4, -0.2) is 30.2 Å². The monoisotopic (exact) mass is 269 g/mol. The summed E-state index contributed by atoms with van der Waals surface area (Å²) in [5.74, 6) is 1.52. The molecule has 106 valence electrons. The highest BCUT2D eigenvalue weighted by atomic mass is 16.5. The lowest BCUT2D eigenvalue weighted by atomic mass is 9.60. The standard InChI is InChI=1S/C18H23NO/c1-2-7-13-12(6-1)16-14-8-5-11-20-18(14)17(13)19-10-4-3-9-15(16)19/h1-2,6-7,14-18H,3-5,8-11H2/t14-,15-,16+,17-,18-/m0/s1. The van der Waals surface area contributed by atoms with Gasteiger partial charge in [0, 0.05) is 18.6 Å². The van der Waals surface area contributed by atoms with Crippen molar-refractivity contribution in [1.29, 1.82) is 0 Å². The summed E-state index contributed by atoms with van der Waals surface area (Å²) in [5.41, 5.74) is 3.24. The Bertz CT molecular complexity index is 457. The van der Waals surface area contributed by atoms with Crippen molar-refractivity contribution in [2.45, 2.75) is 56.2 Å². The molecule has 0 radical (unpaired) electrons. The first-order chi connectivity index (χ1) is 9.95. The molecule has 2 nitrogen and oxygen atoms in total. The second kappa shape index (κ2) is 4.32. The van der Waals surface area contributed by atoms with Crippen LogP contribution in [0.15, 0.2) is 24.3 Å². The zero-order valence-corrected chi connectivity index (χ0v) is 12.0. The quantitative estimate of drug-likeness (QED) is 0.715. The zero-order chi connectivity index (χ0) is 13.1. The van der Waals surface area contributed by atoms with Crippen LogP contribution in [0.3, 0.4) is 0 Å². The van der Waals surface area contributed by atoms with Crippen molar-refractivity contribution in [3.8, 4) is 0 Å². The molecule has 0 aromatic heterocycles. The van der Waals surface area contributed by atoms with Crippen LogP contribution in [0.2, 0.25) is 0 Å². The second-order valence-corrected chi connectivity index (χ2v) is 7.04. The van der Waals surface area contributed by atoms with Crippen molar-refractivity contribution in [2.75, 3.05) is 13.2 Å². The largest absolute Gasteiger partial charge is 0.376 e. The first-order valence-corrected chi connectivity index (χ1v) is 8.41. The fourth-order valence-corrected chi connectivity index (χ4v) is 5.60. The predicted molar refractivity (Wildman–Crippen MR) is 78.7 cm³/mol. The van der Waals surface area contributed by atoms with Crippen molar-refractivity contribution < 1.29 is 4.74 Å². The van der Waals surface area contributed by atoms with Crippen LogP contribution in [0, 0.1) is 5.92 Å². The molecule has 4 aliphatic heterocycles. The van der Waals surface area contributed by atoms with E-state index in [1.165, 1.54) is 38.6 Å². The topological polar surface area (TPSA) is 12.5 Å². The molecule has 0 saturated carbocycles. The van der Waals surface area contributed by atoms with Gasteiger partial charge < -0.3 is 4.74 Å². The third kappa shape index (κ3) is 1.42. The lowest BCUT2D eigenvalue weighted by Gasteiger charge is -2.61. The maximum atomic E-state index is 6.28. The van der Waals surface area contributed by atoms with Crippen molar-refractivity contribution in [2.24, 2.45) is 5.92 Å². The van der Waals surface area contributed by atoms with Crippen molar-refractivity contribution in [3.63, 3.8) is 0 Å². The van der Waals surface area contributed by atoms with Gasteiger partial charge in [0.25, 0.3) is 0 Å². The Labute approximate surface area is 121 Å². The number of rotatable bonds is 0. The molecule has 2 heteroatoms. The molecule has 2 bridgehead atoms. The Kier molecular flexibility index (Phi) is 2.54. The van der Waals surface area contributed by atoms with E-state index in [1.54, 1.807) is 11.1 Å². The average Bonchev–Trinajstić information content (AvgIpc) is 2.54. The maximum Gasteiger partial charge on any atom is 0.0806 e. The zero-order valence-electron chi connectivity index (χ0n) is 12.0. The minimum atomic E-state index is 0.470. The SMILES string of the molecule is c1ccc2c(c1)[C@@H]1[C@@H]3CCCO[C@@H]3[C@H]2N2CCCC[C@@H]12. The number of hydrogen-bond donors (Lipinski definition) is 0. The fourth-order valence-electron chi connectivity index (χ4n) is 5.60. The molecule has 4 heterocycles. The number of ether oxygens (including phenoxy) is 1. The van der Waals surface area contributed by atoms with Gasteiger partial charge in [0.05, 0.1) is 12.1 Å². The highest BCUT2D eigenvalue weighted by Crippen LogP contribution is 2.58. The van der Waals surface area contributed by atoms with E-state index in [2.05, 4.69) is 29.2 Å². The van der Waals surface area contributed by atoms with Gasteiger partial charge in [0.1, 0.15) is 0 Å². The summed E-state index contributed by atoms with van der Waals surface area (Å²) < 4.78 is 6.28. The van der Waals surface area contributed by atoms with Crippen LogP contribution in [0.5, 0.6) is 0 Å². The van der Waals surface area contributed by atoms with E-state index < -0.39 is 0 Å². The number of benzene rings is 1. The Morgan fingerprint density at radius 3 is 2.85 bits per heavy atom. The van der Waals surface area contributed by atoms with Crippen molar-refractivity contribution in [1.82, 2.24) is 4.90 Å². The van der Waals surface area contributed by atoms with Gasteiger partial charge in [-0.05, 0) is 49.3 Å². The molecule has 5 atom stereocenters. The number of piperidine rings is 2. The smallest absolute Gasteiger partial charge is 0.0806 e. The summed E-state index contributed by atoms with van der Waals surface area (Å²) in [5, 5.41) is 0. The molecule has 1 aliphatic carbocycles.